The van der Waals surface area contributed by atoms with Crippen molar-refractivity contribution < 1.29 is 29.2 Å². The standard InChI is InChI=1S/C15H21NO6/c1-20-13-11(15(21-2)22-12(13)10(18)8-17)16-14(19)9-6-4-3-5-7-9/h3-7,10-13,15,17-18H,8H2,1-2H3,(H,16,19)/t10-,11+,12-,13+,15-/m1/s1. The van der Waals surface area contributed by atoms with E-state index < -0.39 is 37.3 Å². The molecule has 1 saturated heterocycles. The smallest absolute Gasteiger partial charge is 0.251 e. The molecular formula is C15H21NO6. The molecule has 1 amide bonds. The fraction of sp³-hybridized carbons (Fsp3) is 0.533. The largest absolute Gasteiger partial charge is 0.394 e. The summed E-state index contributed by atoms with van der Waals surface area (Å²) < 4.78 is 16.1. The van der Waals surface area contributed by atoms with Gasteiger partial charge in [-0.05, 0) is 12.1 Å². The summed E-state index contributed by atoms with van der Waals surface area (Å²) >= 11 is 0. The number of aliphatic hydroxyl groups is 2. The fourth-order valence-corrected chi connectivity index (χ4v) is 2.55. The summed E-state index contributed by atoms with van der Waals surface area (Å²) in [4.78, 5) is 12.3. The van der Waals surface area contributed by atoms with E-state index in [1.54, 1.807) is 24.3 Å². The number of aliphatic hydroxyl groups excluding tert-OH is 2. The number of carbonyl (C=O) groups is 1. The predicted octanol–water partition coefficient (Wildman–Crippen LogP) is -0.475. The molecule has 1 aliphatic rings. The lowest BCUT2D eigenvalue weighted by Gasteiger charge is -2.24. The van der Waals surface area contributed by atoms with Crippen molar-refractivity contribution >= 4 is 5.91 Å². The van der Waals surface area contributed by atoms with Crippen molar-refractivity contribution in [2.75, 3.05) is 20.8 Å². The van der Waals surface area contributed by atoms with E-state index in [-0.39, 0.29) is 5.91 Å². The molecule has 7 nitrogen and oxygen atoms in total. The van der Waals surface area contributed by atoms with E-state index in [2.05, 4.69) is 5.32 Å². The Morgan fingerprint density at radius 1 is 1.32 bits per heavy atom. The number of nitrogens with one attached hydrogen (secondary N) is 1. The number of carbonyl (C=O) groups excluding carboxylic acids is 1. The van der Waals surface area contributed by atoms with Gasteiger partial charge >= 0.3 is 0 Å². The van der Waals surface area contributed by atoms with Crippen LogP contribution in [-0.2, 0) is 14.2 Å². The monoisotopic (exact) mass is 311 g/mol. The molecule has 0 saturated carbocycles. The molecule has 0 aromatic heterocycles. The van der Waals surface area contributed by atoms with Crippen LogP contribution < -0.4 is 5.32 Å². The molecule has 22 heavy (non-hydrogen) atoms. The fourth-order valence-electron chi connectivity index (χ4n) is 2.55. The summed E-state index contributed by atoms with van der Waals surface area (Å²) in [5, 5.41) is 21.7. The SMILES string of the molecule is CO[C@@H]1O[C@H]([C@H](O)CO)[C@@H](OC)[C@@H]1NC(=O)c1ccccc1. The topological polar surface area (TPSA) is 97.2 Å². The normalized spacial score (nSPS) is 29.3. The number of hydrogen-bond acceptors (Lipinski definition) is 6. The lowest BCUT2D eigenvalue weighted by Crippen LogP contribution is -2.50. The van der Waals surface area contributed by atoms with Crippen LogP contribution in [-0.4, -0.2) is 67.6 Å². The third-order valence-electron chi connectivity index (χ3n) is 3.67. The predicted molar refractivity (Wildman–Crippen MR) is 77.3 cm³/mol. The van der Waals surface area contributed by atoms with Crippen molar-refractivity contribution in [3.8, 4) is 0 Å². The van der Waals surface area contributed by atoms with E-state index in [1.165, 1.54) is 14.2 Å². The first kappa shape index (κ1) is 16.9. The van der Waals surface area contributed by atoms with E-state index in [4.69, 9.17) is 19.3 Å². The first-order valence-electron chi connectivity index (χ1n) is 6.98. The van der Waals surface area contributed by atoms with E-state index in [0.717, 1.165) is 0 Å². The average Bonchev–Trinajstić information content (AvgIpc) is 2.92. The van der Waals surface area contributed by atoms with Crippen LogP contribution in [0.25, 0.3) is 0 Å². The Morgan fingerprint density at radius 3 is 2.55 bits per heavy atom. The Labute approximate surface area is 128 Å². The molecule has 2 rings (SSSR count). The maximum atomic E-state index is 12.3. The molecule has 0 radical (unpaired) electrons. The third kappa shape index (κ3) is 3.45. The van der Waals surface area contributed by atoms with E-state index in [1.807, 2.05) is 6.07 Å². The maximum absolute atomic E-state index is 12.3. The van der Waals surface area contributed by atoms with Gasteiger partial charge in [0, 0.05) is 19.8 Å². The van der Waals surface area contributed by atoms with Crippen LogP contribution in [0.3, 0.4) is 0 Å². The quantitative estimate of drug-likeness (QED) is 0.657. The highest BCUT2D eigenvalue weighted by molar-refractivity contribution is 5.94. The van der Waals surface area contributed by atoms with E-state index in [0.29, 0.717) is 5.56 Å². The molecule has 122 valence electrons. The number of rotatable bonds is 6. The maximum Gasteiger partial charge on any atom is 0.251 e. The average molecular weight is 311 g/mol. The van der Waals surface area contributed by atoms with Gasteiger partial charge in [0.1, 0.15) is 24.4 Å². The molecule has 7 heteroatoms. The van der Waals surface area contributed by atoms with Crippen LogP contribution in [0.5, 0.6) is 0 Å². The van der Waals surface area contributed by atoms with Crippen LogP contribution in [0.15, 0.2) is 30.3 Å². The van der Waals surface area contributed by atoms with Crippen LogP contribution >= 0.6 is 0 Å². The third-order valence-corrected chi connectivity index (χ3v) is 3.67. The number of methoxy groups -OCH3 is 2. The van der Waals surface area contributed by atoms with E-state index >= 15 is 0 Å². The second-order valence-corrected chi connectivity index (χ2v) is 5.02. The summed E-state index contributed by atoms with van der Waals surface area (Å²) in [6.07, 6.45) is -3.33. The minimum absolute atomic E-state index is 0.294. The Morgan fingerprint density at radius 2 is 2.00 bits per heavy atom. The van der Waals surface area contributed by atoms with Gasteiger partial charge in [0.05, 0.1) is 6.61 Å². The lowest BCUT2D eigenvalue weighted by atomic mass is 10.0. The van der Waals surface area contributed by atoms with Crippen molar-refractivity contribution in [3.63, 3.8) is 0 Å². The summed E-state index contributed by atoms with van der Waals surface area (Å²) in [5.41, 5.74) is 0.498. The minimum Gasteiger partial charge on any atom is -0.394 e. The molecule has 0 unspecified atom stereocenters. The van der Waals surface area contributed by atoms with Gasteiger partial charge in [-0.15, -0.1) is 0 Å². The molecule has 5 atom stereocenters. The van der Waals surface area contributed by atoms with Crippen LogP contribution in [0, 0.1) is 0 Å². The second kappa shape index (κ2) is 7.66. The summed E-state index contributed by atoms with van der Waals surface area (Å²) in [7, 11) is 2.89. The minimum atomic E-state index is -1.12. The van der Waals surface area contributed by atoms with Gasteiger partial charge in [-0.1, -0.05) is 18.2 Å². The number of hydrogen-bond donors (Lipinski definition) is 3. The van der Waals surface area contributed by atoms with Crippen molar-refractivity contribution in [2.45, 2.75) is 30.6 Å². The molecule has 1 aromatic rings. The van der Waals surface area contributed by atoms with Gasteiger partial charge in [0.25, 0.3) is 5.91 Å². The first-order valence-corrected chi connectivity index (χ1v) is 6.98. The lowest BCUT2D eigenvalue weighted by molar-refractivity contribution is -0.154. The van der Waals surface area contributed by atoms with Crippen LogP contribution in [0.4, 0.5) is 0 Å². The Bertz CT molecular complexity index is 482. The molecule has 0 aliphatic carbocycles. The van der Waals surface area contributed by atoms with Gasteiger partial charge in [-0.2, -0.15) is 0 Å². The van der Waals surface area contributed by atoms with Gasteiger partial charge in [-0.3, -0.25) is 4.79 Å². The Balaban J connectivity index is 2.14. The molecule has 1 fully saturated rings. The Kier molecular flexibility index (Phi) is 5.87. The van der Waals surface area contributed by atoms with Crippen molar-refractivity contribution in [1.29, 1.82) is 0 Å². The molecule has 3 N–H and O–H groups in total. The highest BCUT2D eigenvalue weighted by Gasteiger charge is 2.48. The number of benzene rings is 1. The highest BCUT2D eigenvalue weighted by Crippen LogP contribution is 2.26. The zero-order valence-electron chi connectivity index (χ0n) is 12.5. The van der Waals surface area contributed by atoms with E-state index in [9.17, 15) is 9.90 Å². The first-order chi connectivity index (χ1) is 10.6. The molecular weight excluding hydrogens is 290 g/mol. The summed E-state index contributed by atoms with van der Waals surface area (Å²) in [5.74, 6) is -0.294. The van der Waals surface area contributed by atoms with Gasteiger partial charge in [-0.25, -0.2) is 0 Å². The zero-order chi connectivity index (χ0) is 16.1. The number of ether oxygens (including phenoxy) is 3. The van der Waals surface area contributed by atoms with Gasteiger partial charge in [0.15, 0.2) is 6.29 Å². The van der Waals surface area contributed by atoms with Crippen molar-refractivity contribution in [1.82, 2.24) is 5.32 Å². The highest BCUT2D eigenvalue weighted by atomic mass is 16.7. The molecule has 1 aromatic carbocycles. The van der Waals surface area contributed by atoms with Crippen LogP contribution in [0.1, 0.15) is 10.4 Å². The molecule has 0 spiro atoms. The second-order valence-electron chi connectivity index (χ2n) is 5.02. The zero-order valence-corrected chi connectivity index (χ0v) is 12.5. The summed E-state index contributed by atoms with van der Waals surface area (Å²) in [6, 6.07) is 8.12. The molecule has 1 aliphatic heterocycles. The number of amides is 1. The van der Waals surface area contributed by atoms with Gasteiger partial charge < -0.3 is 29.7 Å². The Hall–Kier alpha value is -1.51. The van der Waals surface area contributed by atoms with Crippen molar-refractivity contribution in [2.24, 2.45) is 0 Å². The molecule has 1 heterocycles. The van der Waals surface area contributed by atoms with Crippen molar-refractivity contribution in [3.05, 3.63) is 35.9 Å². The summed E-state index contributed by atoms with van der Waals surface area (Å²) in [6.45, 7) is -0.472. The molecule has 0 bridgehead atoms. The van der Waals surface area contributed by atoms with Gasteiger partial charge in [0.2, 0.25) is 0 Å². The van der Waals surface area contributed by atoms with Crippen LogP contribution in [0.2, 0.25) is 0 Å².